The molecular formula is C17H24N4O3. The lowest BCUT2D eigenvalue weighted by molar-refractivity contribution is 0.190. The van der Waals surface area contributed by atoms with Crippen LogP contribution in [0.1, 0.15) is 49.9 Å². The van der Waals surface area contributed by atoms with Crippen molar-refractivity contribution in [2.75, 3.05) is 6.61 Å². The molecule has 3 N–H and O–H groups in total. The fourth-order valence-corrected chi connectivity index (χ4v) is 2.93. The van der Waals surface area contributed by atoms with Gasteiger partial charge in [0.15, 0.2) is 0 Å². The Labute approximate surface area is 141 Å². The third kappa shape index (κ3) is 3.56. The van der Waals surface area contributed by atoms with Crippen LogP contribution in [0.4, 0.5) is 4.79 Å². The minimum atomic E-state index is -1.10. The van der Waals surface area contributed by atoms with E-state index in [2.05, 4.69) is 29.1 Å². The Morgan fingerprint density at radius 3 is 2.67 bits per heavy atom. The largest absolute Gasteiger partial charge is 0.465 e. The number of imidazole rings is 1. The number of pyridine rings is 1. The second kappa shape index (κ2) is 7.44. The molecule has 0 saturated heterocycles. The van der Waals surface area contributed by atoms with Crippen LogP contribution in [-0.2, 0) is 6.54 Å². The van der Waals surface area contributed by atoms with Crippen molar-refractivity contribution in [2.24, 2.45) is 0 Å². The number of amides is 1. The molecule has 0 aliphatic heterocycles. The number of aromatic nitrogens is 3. The first-order valence-electron chi connectivity index (χ1n) is 7.99. The van der Waals surface area contributed by atoms with Crippen molar-refractivity contribution in [1.29, 1.82) is 0 Å². The van der Waals surface area contributed by atoms with Crippen LogP contribution in [0.15, 0.2) is 18.3 Å². The number of carbonyl (C=O) groups is 1. The molecule has 1 atom stereocenters. The molecule has 0 spiro atoms. The number of carboxylic acid groups (broad SMARTS) is 1. The quantitative estimate of drug-likeness (QED) is 0.755. The zero-order chi connectivity index (χ0) is 17.9. The Morgan fingerprint density at radius 1 is 1.38 bits per heavy atom. The summed E-state index contributed by atoms with van der Waals surface area (Å²) in [5.74, 6) is 0.937. The van der Waals surface area contributed by atoms with Crippen molar-refractivity contribution in [3.8, 4) is 11.3 Å². The Bertz CT molecular complexity index is 725. The minimum absolute atomic E-state index is 0.0481. The molecule has 0 saturated carbocycles. The van der Waals surface area contributed by atoms with Gasteiger partial charge in [-0.3, -0.25) is 4.98 Å². The summed E-state index contributed by atoms with van der Waals surface area (Å²) in [6, 6.07) is 3.33. The fraction of sp³-hybridized carbons (Fsp3) is 0.471. The molecule has 0 bridgehead atoms. The van der Waals surface area contributed by atoms with Gasteiger partial charge in [0.05, 0.1) is 29.7 Å². The zero-order valence-corrected chi connectivity index (χ0v) is 14.4. The molecule has 0 aliphatic rings. The van der Waals surface area contributed by atoms with Gasteiger partial charge in [-0.2, -0.15) is 0 Å². The van der Waals surface area contributed by atoms with Crippen molar-refractivity contribution in [3.05, 3.63) is 35.5 Å². The molecule has 0 aliphatic carbocycles. The van der Waals surface area contributed by atoms with Gasteiger partial charge in [0.1, 0.15) is 5.82 Å². The van der Waals surface area contributed by atoms with Crippen LogP contribution in [0.3, 0.4) is 0 Å². The van der Waals surface area contributed by atoms with E-state index in [1.165, 1.54) is 0 Å². The van der Waals surface area contributed by atoms with E-state index in [1.807, 2.05) is 23.6 Å². The highest BCUT2D eigenvalue weighted by Crippen LogP contribution is 2.33. The highest BCUT2D eigenvalue weighted by molar-refractivity contribution is 5.69. The molecule has 2 aromatic heterocycles. The Morgan fingerprint density at radius 2 is 2.08 bits per heavy atom. The number of nitrogens with one attached hydrogen (secondary N) is 1. The van der Waals surface area contributed by atoms with Crippen molar-refractivity contribution in [3.63, 3.8) is 0 Å². The lowest BCUT2D eigenvalue weighted by Gasteiger charge is -2.18. The van der Waals surface area contributed by atoms with E-state index >= 15 is 0 Å². The SMILES string of the molecule is Cc1nc(-c2cccnc2C(C)C)c(C(C)NC(=O)O)n1CCO. The maximum absolute atomic E-state index is 11.1. The number of aliphatic hydroxyl groups excluding tert-OH is 1. The maximum atomic E-state index is 11.1. The van der Waals surface area contributed by atoms with E-state index in [9.17, 15) is 9.90 Å². The Kier molecular flexibility index (Phi) is 5.56. The molecule has 0 radical (unpaired) electrons. The summed E-state index contributed by atoms with van der Waals surface area (Å²) < 4.78 is 1.85. The van der Waals surface area contributed by atoms with E-state index in [4.69, 9.17) is 5.11 Å². The van der Waals surface area contributed by atoms with Crippen LogP contribution in [-0.4, -0.2) is 37.4 Å². The fourth-order valence-electron chi connectivity index (χ4n) is 2.93. The van der Waals surface area contributed by atoms with Crippen molar-refractivity contribution in [2.45, 2.75) is 46.2 Å². The molecule has 24 heavy (non-hydrogen) atoms. The van der Waals surface area contributed by atoms with E-state index in [-0.39, 0.29) is 12.5 Å². The highest BCUT2D eigenvalue weighted by atomic mass is 16.4. The van der Waals surface area contributed by atoms with Crippen LogP contribution < -0.4 is 5.32 Å². The van der Waals surface area contributed by atoms with Gasteiger partial charge in [0, 0.05) is 18.3 Å². The lowest BCUT2D eigenvalue weighted by Crippen LogP contribution is -2.27. The molecule has 2 rings (SSSR count). The highest BCUT2D eigenvalue weighted by Gasteiger charge is 2.24. The summed E-state index contributed by atoms with van der Waals surface area (Å²) in [5.41, 5.74) is 3.24. The molecule has 7 heteroatoms. The topological polar surface area (TPSA) is 100 Å². The predicted octanol–water partition coefficient (Wildman–Crippen LogP) is 2.70. The normalized spacial score (nSPS) is 12.4. The smallest absolute Gasteiger partial charge is 0.405 e. The van der Waals surface area contributed by atoms with Gasteiger partial charge >= 0.3 is 6.09 Å². The summed E-state index contributed by atoms with van der Waals surface area (Å²) in [5, 5.41) is 20.9. The number of hydrogen-bond donors (Lipinski definition) is 3. The maximum Gasteiger partial charge on any atom is 0.405 e. The Hall–Kier alpha value is -2.41. The second-order valence-electron chi connectivity index (χ2n) is 6.03. The monoisotopic (exact) mass is 332 g/mol. The van der Waals surface area contributed by atoms with Crippen LogP contribution in [0.5, 0.6) is 0 Å². The summed E-state index contributed by atoms with van der Waals surface area (Å²) >= 11 is 0. The molecule has 0 fully saturated rings. The molecule has 7 nitrogen and oxygen atoms in total. The summed E-state index contributed by atoms with van der Waals surface area (Å²) in [4.78, 5) is 20.2. The van der Waals surface area contributed by atoms with Crippen molar-refractivity contribution in [1.82, 2.24) is 19.9 Å². The lowest BCUT2D eigenvalue weighted by atomic mass is 9.99. The summed E-state index contributed by atoms with van der Waals surface area (Å²) in [6.07, 6.45) is 0.646. The third-order valence-corrected chi connectivity index (χ3v) is 3.91. The molecule has 2 aromatic rings. The number of aryl methyl sites for hydroxylation is 1. The van der Waals surface area contributed by atoms with Gasteiger partial charge in [0.2, 0.25) is 0 Å². The second-order valence-corrected chi connectivity index (χ2v) is 6.03. The summed E-state index contributed by atoms with van der Waals surface area (Å²) in [6.45, 7) is 8.05. The van der Waals surface area contributed by atoms with Crippen LogP contribution in [0.2, 0.25) is 0 Å². The Balaban J connectivity index is 2.66. The van der Waals surface area contributed by atoms with Gasteiger partial charge in [-0.15, -0.1) is 0 Å². The molecule has 2 heterocycles. The number of hydrogen-bond acceptors (Lipinski definition) is 4. The van der Waals surface area contributed by atoms with Crippen molar-refractivity contribution >= 4 is 6.09 Å². The van der Waals surface area contributed by atoms with Gasteiger partial charge < -0.3 is 20.1 Å². The van der Waals surface area contributed by atoms with E-state index < -0.39 is 12.1 Å². The third-order valence-electron chi connectivity index (χ3n) is 3.91. The van der Waals surface area contributed by atoms with E-state index in [0.717, 1.165) is 22.8 Å². The zero-order valence-electron chi connectivity index (χ0n) is 14.4. The van der Waals surface area contributed by atoms with Gasteiger partial charge in [-0.05, 0) is 31.9 Å². The first-order valence-corrected chi connectivity index (χ1v) is 7.99. The number of rotatable bonds is 6. The minimum Gasteiger partial charge on any atom is -0.465 e. The molecule has 130 valence electrons. The molecule has 1 unspecified atom stereocenters. The van der Waals surface area contributed by atoms with Crippen LogP contribution >= 0.6 is 0 Å². The van der Waals surface area contributed by atoms with Crippen LogP contribution in [0.25, 0.3) is 11.3 Å². The average molecular weight is 332 g/mol. The van der Waals surface area contributed by atoms with E-state index in [0.29, 0.717) is 12.2 Å². The van der Waals surface area contributed by atoms with Crippen molar-refractivity contribution < 1.29 is 15.0 Å². The first kappa shape index (κ1) is 17.9. The predicted molar refractivity (Wildman–Crippen MR) is 90.9 cm³/mol. The van der Waals surface area contributed by atoms with Gasteiger partial charge in [-0.1, -0.05) is 13.8 Å². The average Bonchev–Trinajstić information content (AvgIpc) is 2.84. The van der Waals surface area contributed by atoms with Crippen LogP contribution in [0, 0.1) is 6.92 Å². The van der Waals surface area contributed by atoms with Gasteiger partial charge in [-0.25, -0.2) is 9.78 Å². The molecule has 1 amide bonds. The number of aliphatic hydroxyl groups is 1. The number of nitrogens with zero attached hydrogens (tertiary/aromatic N) is 3. The molecule has 0 aromatic carbocycles. The van der Waals surface area contributed by atoms with Gasteiger partial charge in [0.25, 0.3) is 0 Å². The molecular weight excluding hydrogens is 308 g/mol. The first-order chi connectivity index (χ1) is 11.4. The summed E-state index contributed by atoms with van der Waals surface area (Å²) in [7, 11) is 0. The van der Waals surface area contributed by atoms with E-state index in [1.54, 1.807) is 13.1 Å². The standard InChI is InChI=1S/C17H24N4O3/c1-10(2)14-13(6-5-7-18-14)15-16(11(3)19-17(23)24)21(8-9-22)12(4)20-15/h5-7,10-11,19,22H,8-9H2,1-4H3,(H,23,24).